The quantitative estimate of drug-likeness (QED) is 0.907. The molecular weight excluding hydrogens is 248 g/mol. The monoisotopic (exact) mass is 270 g/mol. The fourth-order valence-corrected chi connectivity index (χ4v) is 2.22. The molecule has 1 heterocycles. The van der Waals surface area contributed by atoms with Crippen molar-refractivity contribution >= 4 is 0 Å². The van der Waals surface area contributed by atoms with Gasteiger partial charge in [0.2, 0.25) is 0 Å². The highest BCUT2D eigenvalue weighted by Crippen LogP contribution is 2.15. The Hall–Kier alpha value is -1.71. The van der Waals surface area contributed by atoms with E-state index in [1.165, 1.54) is 5.56 Å². The van der Waals surface area contributed by atoms with Gasteiger partial charge in [-0.15, -0.1) is 0 Å². The molecule has 3 nitrogen and oxygen atoms in total. The van der Waals surface area contributed by atoms with Crippen LogP contribution >= 0.6 is 0 Å². The Morgan fingerprint density at radius 3 is 2.45 bits per heavy atom. The van der Waals surface area contributed by atoms with E-state index in [2.05, 4.69) is 9.88 Å². The van der Waals surface area contributed by atoms with Crippen LogP contribution in [0.5, 0.6) is 0 Å². The minimum absolute atomic E-state index is 0.467. The number of hydrogen-bond acceptors (Lipinski definition) is 3. The number of nitrogens with zero attached hydrogens (tertiary/aromatic N) is 2. The second-order valence-electron chi connectivity index (χ2n) is 5.39. The first-order valence-electron chi connectivity index (χ1n) is 6.90. The number of hydrogen-bond donors (Lipinski definition) is 1. The van der Waals surface area contributed by atoms with Crippen molar-refractivity contribution in [3.63, 3.8) is 0 Å². The van der Waals surface area contributed by atoms with Crippen molar-refractivity contribution in [2.75, 3.05) is 13.6 Å². The minimum Gasteiger partial charge on any atom is -0.387 e. The van der Waals surface area contributed by atoms with Crippen molar-refractivity contribution in [1.29, 1.82) is 0 Å². The molecule has 2 rings (SSSR count). The third kappa shape index (κ3) is 4.15. The highest BCUT2D eigenvalue weighted by Gasteiger charge is 2.11. The summed E-state index contributed by atoms with van der Waals surface area (Å²) in [6, 6.07) is 14.0. The van der Waals surface area contributed by atoms with Gasteiger partial charge in [-0.1, -0.05) is 35.9 Å². The second kappa shape index (κ2) is 6.64. The van der Waals surface area contributed by atoms with Gasteiger partial charge in [-0.25, -0.2) is 0 Å². The van der Waals surface area contributed by atoms with E-state index in [0.717, 1.165) is 23.5 Å². The third-order valence-corrected chi connectivity index (χ3v) is 3.32. The fraction of sp³-hybridized carbons (Fsp3) is 0.353. The molecule has 0 aliphatic heterocycles. The number of benzene rings is 1. The van der Waals surface area contributed by atoms with E-state index in [1.54, 1.807) is 0 Å². The predicted molar refractivity (Wildman–Crippen MR) is 81.4 cm³/mol. The molecule has 3 heteroatoms. The largest absolute Gasteiger partial charge is 0.387 e. The lowest BCUT2D eigenvalue weighted by molar-refractivity contribution is 0.123. The molecule has 0 aliphatic rings. The summed E-state index contributed by atoms with van der Waals surface area (Å²) in [6.45, 7) is 5.37. The number of aliphatic hydroxyl groups excluding tert-OH is 1. The van der Waals surface area contributed by atoms with E-state index >= 15 is 0 Å². The highest BCUT2D eigenvalue weighted by atomic mass is 16.3. The molecule has 1 aromatic carbocycles. The number of aliphatic hydroxyl groups is 1. The van der Waals surface area contributed by atoms with Gasteiger partial charge in [-0.05, 0) is 38.6 Å². The summed E-state index contributed by atoms with van der Waals surface area (Å²) in [5.74, 6) is 0. The molecule has 2 aromatic rings. The van der Waals surface area contributed by atoms with Gasteiger partial charge in [0.25, 0.3) is 0 Å². The van der Waals surface area contributed by atoms with Crippen LogP contribution in [-0.2, 0) is 6.54 Å². The van der Waals surface area contributed by atoms with Crippen molar-refractivity contribution in [1.82, 2.24) is 9.88 Å². The summed E-state index contributed by atoms with van der Waals surface area (Å²) in [6.07, 6.45) is -0.467. The van der Waals surface area contributed by atoms with Crippen LogP contribution in [0.2, 0.25) is 0 Å². The zero-order valence-corrected chi connectivity index (χ0v) is 12.4. The Morgan fingerprint density at radius 1 is 1.10 bits per heavy atom. The maximum atomic E-state index is 10.3. The average molecular weight is 270 g/mol. The van der Waals surface area contributed by atoms with Gasteiger partial charge in [-0.2, -0.15) is 0 Å². The maximum absolute atomic E-state index is 10.3. The summed E-state index contributed by atoms with van der Waals surface area (Å²) < 4.78 is 0. The topological polar surface area (TPSA) is 36.4 Å². The van der Waals surface area contributed by atoms with Crippen LogP contribution in [0.4, 0.5) is 0 Å². The van der Waals surface area contributed by atoms with Crippen LogP contribution in [0.25, 0.3) is 0 Å². The summed E-state index contributed by atoms with van der Waals surface area (Å²) in [5, 5.41) is 10.3. The summed E-state index contributed by atoms with van der Waals surface area (Å²) in [4.78, 5) is 6.57. The number of aromatic nitrogens is 1. The SMILES string of the molecule is Cc1ccc(C(O)CN(C)Cc2cccc(C)n2)cc1. The molecule has 1 N–H and O–H groups in total. The van der Waals surface area contributed by atoms with Gasteiger partial charge in [0.05, 0.1) is 11.8 Å². The minimum atomic E-state index is -0.467. The molecule has 0 fully saturated rings. The molecule has 0 aliphatic carbocycles. The summed E-state index contributed by atoms with van der Waals surface area (Å²) in [7, 11) is 2.00. The van der Waals surface area contributed by atoms with E-state index in [1.807, 2.05) is 63.4 Å². The fourth-order valence-electron chi connectivity index (χ4n) is 2.22. The smallest absolute Gasteiger partial charge is 0.0916 e. The van der Waals surface area contributed by atoms with Crippen LogP contribution in [0.15, 0.2) is 42.5 Å². The molecule has 0 radical (unpaired) electrons. The normalized spacial score (nSPS) is 12.7. The van der Waals surface area contributed by atoms with Gasteiger partial charge in [0.1, 0.15) is 0 Å². The van der Waals surface area contributed by atoms with Crippen molar-refractivity contribution in [3.8, 4) is 0 Å². The lowest BCUT2D eigenvalue weighted by Crippen LogP contribution is -2.24. The van der Waals surface area contributed by atoms with Gasteiger partial charge in [0, 0.05) is 18.8 Å². The number of likely N-dealkylation sites (N-methyl/N-ethyl adjacent to an activating group) is 1. The van der Waals surface area contributed by atoms with Crippen molar-refractivity contribution < 1.29 is 5.11 Å². The number of aryl methyl sites for hydroxylation is 2. The molecule has 20 heavy (non-hydrogen) atoms. The first kappa shape index (κ1) is 14.7. The van der Waals surface area contributed by atoms with Crippen LogP contribution in [0, 0.1) is 13.8 Å². The van der Waals surface area contributed by atoms with Crippen LogP contribution < -0.4 is 0 Å². The molecular formula is C17H22N2O. The van der Waals surface area contributed by atoms with Gasteiger partial charge in [-0.3, -0.25) is 9.88 Å². The Morgan fingerprint density at radius 2 is 1.80 bits per heavy atom. The molecule has 0 amide bonds. The Balaban J connectivity index is 1.93. The zero-order valence-electron chi connectivity index (χ0n) is 12.4. The standard InChI is InChI=1S/C17H22N2O/c1-13-7-9-15(10-8-13)17(20)12-19(3)11-16-6-4-5-14(2)18-16/h4-10,17,20H,11-12H2,1-3H3. The van der Waals surface area contributed by atoms with Crippen molar-refractivity contribution in [2.45, 2.75) is 26.5 Å². The summed E-state index contributed by atoms with van der Waals surface area (Å²) in [5.41, 5.74) is 4.22. The van der Waals surface area contributed by atoms with Gasteiger partial charge < -0.3 is 5.11 Å². The Labute approximate surface area is 120 Å². The van der Waals surface area contributed by atoms with E-state index in [0.29, 0.717) is 6.54 Å². The third-order valence-electron chi connectivity index (χ3n) is 3.32. The van der Waals surface area contributed by atoms with E-state index in [9.17, 15) is 5.11 Å². The van der Waals surface area contributed by atoms with Gasteiger partial charge >= 0.3 is 0 Å². The van der Waals surface area contributed by atoms with Crippen molar-refractivity contribution in [3.05, 3.63) is 65.0 Å². The molecule has 0 bridgehead atoms. The lowest BCUT2D eigenvalue weighted by atomic mass is 10.1. The molecule has 106 valence electrons. The molecule has 1 unspecified atom stereocenters. The molecule has 1 aromatic heterocycles. The maximum Gasteiger partial charge on any atom is 0.0916 e. The Kier molecular flexibility index (Phi) is 4.88. The van der Waals surface area contributed by atoms with Crippen LogP contribution in [0.3, 0.4) is 0 Å². The molecule has 0 spiro atoms. The van der Waals surface area contributed by atoms with Crippen LogP contribution in [0.1, 0.15) is 28.6 Å². The average Bonchev–Trinajstić information content (AvgIpc) is 2.39. The van der Waals surface area contributed by atoms with Gasteiger partial charge in [0.15, 0.2) is 0 Å². The molecule has 0 saturated heterocycles. The first-order valence-corrected chi connectivity index (χ1v) is 6.90. The van der Waals surface area contributed by atoms with E-state index < -0.39 is 6.10 Å². The number of rotatable bonds is 5. The predicted octanol–water partition coefficient (Wildman–Crippen LogP) is 2.86. The molecule has 1 atom stereocenters. The summed E-state index contributed by atoms with van der Waals surface area (Å²) >= 11 is 0. The first-order chi connectivity index (χ1) is 9.54. The lowest BCUT2D eigenvalue weighted by Gasteiger charge is -2.20. The zero-order chi connectivity index (χ0) is 14.5. The van der Waals surface area contributed by atoms with E-state index in [4.69, 9.17) is 0 Å². The highest BCUT2D eigenvalue weighted by molar-refractivity contribution is 5.23. The molecule has 0 saturated carbocycles. The Bertz CT molecular complexity index is 551. The van der Waals surface area contributed by atoms with Crippen molar-refractivity contribution in [2.24, 2.45) is 0 Å². The van der Waals surface area contributed by atoms with Crippen LogP contribution in [-0.4, -0.2) is 28.6 Å². The second-order valence-corrected chi connectivity index (χ2v) is 5.39. The number of pyridine rings is 1. The van der Waals surface area contributed by atoms with E-state index in [-0.39, 0.29) is 0 Å².